The Morgan fingerprint density at radius 3 is 2.77 bits per heavy atom. The Hall–Kier alpha value is -1.29. The van der Waals surface area contributed by atoms with Crippen molar-refractivity contribution in [3.63, 3.8) is 0 Å². The quantitative estimate of drug-likeness (QED) is 0.736. The number of aromatic nitrogens is 1. The molecule has 0 aliphatic carbocycles. The van der Waals surface area contributed by atoms with Gasteiger partial charge in [-0.15, -0.1) is 0 Å². The molecule has 68 valence electrons. The minimum atomic E-state index is 0.666. The van der Waals surface area contributed by atoms with E-state index in [0.717, 1.165) is 16.0 Å². The fourth-order valence-electron chi connectivity index (χ4n) is 1.15. The van der Waals surface area contributed by atoms with Crippen LogP contribution in [0.15, 0.2) is 18.2 Å². The maximum atomic E-state index is 5.20. The number of nitrogens with zero attached hydrogens (tertiary/aromatic N) is 1. The number of rotatable bonds is 2. The SMILES string of the molecule is COc1nc2cccc(OC)c2s1. The van der Waals surface area contributed by atoms with Crippen LogP contribution in [0.4, 0.5) is 0 Å². The zero-order chi connectivity index (χ0) is 9.26. The van der Waals surface area contributed by atoms with Crippen LogP contribution in [0.1, 0.15) is 0 Å². The van der Waals surface area contributed by atoms with Crippen LogP contribution in [0.2, 0.25) is 0 Å². The molecule has 0 saturated heterocycles. The van der Waals surface area contributed by atoms with E-state index in [0.29, 0.717) is 5.19 Å². The highest BCUT2D eigenvalue weighted by molar-refractivity contribution is 7.20. The highest BCUT2D eigenvalue weighted by Gasteiger charge is 2.07. The van der Waals surface area contributed by atoms with Crippen molar-refractivity contribution in [1.29, 1.82) is 0 Å². The second-order valence-corrected chi connectivity index (χ2v) is 3.45. The summed E-state index contributed by atoms with van der Waals surface area (Å²) in [6.45, 7) is 0. The molecule has 0 aliphatic rings. The van der Waals surface area contributed by atoms with Gasteiger partial charge in [0.1, 0.15) is 10.4 Å². The molecule has 0 fully saturated rings. The summed E-state index contributed by atoms with van der Waals surface area (Å²) in [6, 6.07) is 5.77. The lowest BCUT2D eigenvalue weighted by atomic mass is 10.3. The molecule has 2 rings (SSSR count). The smallest absolute Gasteiger partial charge is 0.274 e. The first-order valence-electron chi connectivity index (χ1n) is 3.82. The second kappa shape index (κ2) is 3.22. The van der Waals surface area contributed by atoms with Crippen LogP contribution in [-0.4, -0.2) is 19.2 Å². The topological polar surface area (TPSA) is 31.4 Å². The van der Waals surface area contributed by atoms with Gasteiger partial charge in [0, 0.05) is 0 Å². The Labute approximate surface area is 79.9 Å². The average molecular weight is 195 g/mol. The number of methoxy groups -OCH3 is 2. The molecule has 0 spiro atoms. The van der Waals surface area contributed by atoms with Gasteiger partial charge in [-0.25, -0.2) is 4.98 Å². The van der Waals surface area contributed by atoms with Gasteiger partial charge in [-0.1, -0.05) is 17.4 Å². The molecule has 1 aromatic carbocycles. The van der Waals surface area contributed by atoms with Crippen molar-refractivity contribution >= 4 is 21.6 Å². The Kier molecular flexibility index (Phi) is 2.06. The van der Waals surface area contributed by atoms with Crippen molar-refractivity contribution in [2.45, 2.75) is 0 Å². The van der Waals surface area contributed by atoms with Crippen LogP contribution < -0.4 is 9.47 Å². The minimum absolute atomic E-state index is 0.666. The van der Waals surface area contributed by atoms with E-state index in [-0.39, 0.29) is 0 Å². The third kappa shape index (κ3) is 1.33. The molecule has 0 aliphatic heterocycles. The third-order valence-electron chi connectivity index (χ3n) is 1.75. The molecule has 1 heterocycles. The van der Waals surface area contributed by atoms with Gasteiger partial charge in [0.05, 0.1) is 19.7 Å². The van der Waals surface area contributed by atoms with Crippen LogP contribution >= 0.6 is 11.3 Å². The van der Waals surface area contributed by atoms with E-state index in [4.69, 9.17) is 9.47 Å². The molecule has 0 radical (unpaired) electrons. The van der Waals surface area contributed by atoms with Crippen molar-refractivity contribution in [1.82, 2.24) is 4.98 Å². The summed E-state index contributed by atoms with van der Waals surface area (Å²) >= 11 is 1.49. The number of benzene rings is 1. The van der Waals surface area contributed by atoms with E-state index in [1.54, 1.807) is 14.2 Å². The number of ether oxygens (including phenoxy) is 2. The van der Waals surface area contributed by atoms with E-state index in [1.165, 1.54) is 11.3 Å². The number of fused-ring (bicyclic) bond motifs is 1. The molecule has 0 N–H and O–H groups in total. The van der Waals surface area contributed by atoms with Crippen molar-refractivity contribution in [2.75, 3.05) is 14.2 Å². The standard InChI is InChI=1S/C9H9NO2S/c1-11-7-5-3-4-6-8(7)13-9(10-6)12-2/h3-5H,1-2H3. The van der Waals surface area contributed by atoms with Gasteiger partial charge in [0.15, 0.2) is 0 Å². The molecular formula is C9H9NO2S. The summed E-state index contributed by atoms with van der Waals surface area (Å²) in [4.78, 5) is 4.26. The minimum Gasteiger partial charge on any atom is -0.495 e. The number of hydrogen-bond donors (Lipinski definition) is 0. The summed E-state index contributed by atoms with van der Waals surface area (Å²) in [5.74, 6) is 0.846. The first-order valence-corrected chi connectivity index (χ1v) is 4.64. The Morgan fingerprint density at radius 1 is 1.23 bits per heavy atom. The van der Waals surface area contributed by atoms with Crippen molar-refractivity contribution in [2.24, 2.45) is 0 Å². The zero-order valence-electron chi connectivity index (χ0n) is 7.40. The molecule has 0 saturated carbocycles. The lowest BCUT2D eigenvalue weighted by Gasteiger charge is -1.97. The zero-order valence-corrected chi connectivity index (χ0v) is 8.22. The molecule has 1 aromatic heterocycles. The van der Waals surface area contributed by atoms with Crippen LogP contribution in [-0.2, 0) is 0 Å². The summed E-state index contributed by atoms with van der Waals surface area (Å²) < 4.78 is 11.3. The Morgan fingerprint density at radius 2 is 2.08 bits per heavy atom. The maximum Gasteiger partial charge on any atom is 0.274 e. The molecule has 0 bridgehead atoms. The van der Waals surface area contributed by atoms with Gasteiger partial charge < -0.3 is 9.47 Å². The first-order chi connectivity index (χ1) is 6.35. The fraction of sp³-hybridized carbons (Fsp3) is 0.222. The van der Waals surface area contributed by atoms with Crippen LogP contribution in [0.3, 0.4) is 0 Å². The summed E-state index contributed by atoms with van der Waals surface area (Å²) in [7, 11) is 3.27. The predicted octanol–water partition coefficient (Wildman–Crippen LogP) is 2.31. The molecule has 3 nitrogen and oxygen atoms in total. The Bertz CT molecular complexity index is 424. The van der Waals surface area contributed by atoms with E-state index < -0.39 is 0 Å². The lowest BCUT2D eigenvalue weighted by Crippen LogP contribution is -1.81. The van der Waals surface area contributed by atoms with Gasteiger partial charge in [-0.2, -0.15) is 0 Å². The van der Waals surface area contributed by atoms with E-state index in [2.05, 4.69) is 4.98 Å². The van der Waals surface area contributed by atoms with Gasteiger partial charge in [0.25, 0.3) is 5.19 Å². The van der Waals surface area contributed by atoms with Gasteiger partial charge in [-0.05, 0) is 12.1 Å². The van der Waals surface area contributed by atoms with Crippen molar-refractivity contribution in [3.8, 4) is 10.9 Å². The summed E-state index contributed by atoms with van der Waals surface area (Å²) in [6.07, 6.45) is 0. The van der Waals surface area contributed by atoms with Crippen molar-refractivity contribution in [3.05, 3.63) is 18.2 Å². The van der Waals surface area contributed by atoms with Gasteiger partial charge in [-0.3, -0.25) is 0 Å². The number of thiazole rings is 1. The molecule has 13 heavy (non-hydrogen) atoms. The monoisotopic (exact) mass is 195 g/mol. The molecule has 0 amide bonds. The summed E-state index contributed by atoms with van der Waals surface area (Å²) in [5, 5.41) is 0.666. The highest BCUT2D eigenvalue weighted by atomic mass is 32.1. The fourth-order valence-corrected chi connectivity index (χ4v) is 2.02. The predicted molar refractivity (Wildman–Crippen MR) is 52.7 cm³/mol. The van der Waals surface area contributed by atoms with Crippen LogP contribution in [0.5, 0.6) is 10.9 Å². The molecular weight excluding hydrogens is 186 g/mol. The largest absolute Gasteiger partial charge is 0.495 e. The second-order valence-electron chi connectivity index (χ2n) is 2.49. The lowest BCUT2D eigenvalue weighted by molar-refractivity contribution is 0.413. The average Bonchev–Trinajstić information content (AvgIpc) is 2.59. The highest BCUT2D eigenvalue weighted by Crippen LogP contribution is 2.34. The van der Waals surface area contributed by atoms with E-state index >= 15 is 0 Å². The van der Waals surface area contributed by atoms with Crippen LogP contribution in [0, 0.1) is 0 Å². The molecule has 0 unspecified atom stereocenters. The third-order valence-corrected chi connectivity index (χ3v) is 2.80. The van der Waals surface area contributed by atoms with Crippen LogP contribution in [0.25, 0.3) is 10.2 Å². The van der Waals surface area contributed by atoms with Gasteiger partial charge >= 0.3 is 0 Å². The summed E-state index contributed by atoms with van der Waals surface area (Å²) in [5.41, 5.74) is 0.918. The maximum absolute atomic E-state index is 5.20. The Balaban J connectivity index is 2.67. The molecule has 0 atom stereocenters. The first kappa shape index (κ1) is 8.31. The normalized spacial score (nSPS) is 10.3. The molecule has 4 heteroatoms. The molecule has 2 aromatic rings. The number of hydrogen-bond acceptors (Lipinski definition) is 4. The van der Waals surface area contributed by atoms with E-state index in [9.17, 15) is 0 Å². The van der Waals surface area contributed by atoms with Gasteiger partial charge in [0.2, 0.25) is 0 Å². The van der Waals surface area contributed by atoms with Crippen molar-refractivity contribution < 1.29 is 9.47 Å². The van der Waals surface area contributed by atoms with E-state index in [1.807, 2.05) is 18.2 Å².